The molecule has 0 saturated carbocycles. The van der Waals surface area contributed by atoms with Gasteiger partial charge >= 0.3 is 6.03 Å². The Labute approximate surface area is 157 Å². The maximum absolute atomic E-state index is 12.4. The first kappa shape index (κ1) is 17.7. The number of nitrogens with zero attached hydrogens (tertiary/aromatic N) is 2. The third-order valence-electron chi connectivity index (χ3n) is 4.16. The molecule has 0 unspecified atom stereocenters. The normalized spacial score (nSPS) is 14.4. The zero-order valence-electron chi connectivity index (χ0n) is 13.8. The maximum atomic E-state index is 12.4. The number of para-hydroxylation sites is 2. The van der Waals surface area contributed by atoms with E-state index in [0.717, 1.165) is 24.5 Å². The van der Waals surface area contributed by atoms with Gasteiger partial charge < -0.3 is 19.9 Å². The zero-order chi connectivity index (χ0) is 17.8. The SMILES string of the molecule is COc1ccccc1N1CCN(C(=O)Nc2ccc(Cl)c(Cl)c2)CC1. The van der Waals surface area contributed by atoms with Crippen molar-refractivity contribution in [2.24, 2.45) is 0 Å². The van der Waals surface area contributed by atoms with Crippen molar-refractivity contribution in [2.75, 3.05) is 43.5 Å². The van der Waals surface area contributed by atoms with Gasteiger partial charge in [-0.05, 0) is 30.3 Å². The highest BCUT2D eigenvalue weighted by atomic mass is 35.5. The van der Waals surface area contributed by atoms with Crippen molar-refractivity contribution >= 4 is 40.6 Å². The van der Waals surface area contributed by atoms with Gasteiger partial charge in [0.2, 0.25) is 0 Å². The fraction of sp³-hybridized carbons (Fsp3) is 0.278. The first-order valence-electron chi connectivity index (χ1n) is 7.97. The van der Waals surface area contributed by atoms with E-state index in [4.69, 9.17) is 27.9 Å². The molecule has 7 heteroatoms. The van der Waals surface area contributed by atoms with Crippen LogP contribution >= 0.6 is 23.2 Å². The van der Waals surface area contributed by atoms with E-state index in [1.807, 2.05) is 24.3 Å². The largest absolute Gasteiger partial charge is 0.495 e. The van der Waals surface area contributed by atoms with Crippen molar-refractivity contribution < 1.29 is 9.53 Å². The van der Waals surface area contributed by atoms with Crippen LogP contribution in [0.4, 0.5) is 16.2 Å². The molecule has 0 bridgehead atoms. The molecule has 0 radical (unpaired) electrons. The molecule has 2 amide bonds. The number of amides is 2. The number of ether oxygens (including phenoxy) is 1. The van der Waals surface area contributed by atoms with Gasteiger partial charge in [-0.25, -0.2) is 4.79 Å². The van der Waals surface area contributed by atoms with Crippen LogP contribution in [0.3, 0.4) is 0 Å². The van der Waals surface area contributed by atoms with Crippen molar-refractivity contribution in [1.82, 2.24) is 4.90 Å². The lowest BCUT2D eigenvalue weighted by atomic mass is 10.2. The number of halogens is 2. The first-order valence-corrected chi connectivity index (χ1v) is 8.73. The van der Waals surface area contributed by atoms with Gasteiger partial charge in [0.15, 0.2) is 0 Å². The average Bonchev–Trinajstić information content (AvgIpc) is 2.65. The number of methoxy groups -OCH3 is 1. The summed E-state index contributed by atoms with van der Waals surface area (Å²) in [7, 11) is 1.67. The predicted molar refractivity (Wildman–Crippen MR) is 102 cm³/mol. The Morgan fingerprint density at radius 3 is 2.44 bits per heavy atom. The Morgan fingerprint density at radius 2 is 1.76 bits per heavy atom. The van der Waals surface area contributed by atoms with E-state index in [1.165, 1.54) is 0 Å². The van der Waals surface area contributed by atoms with Crippen LogP contribution in [0.25, 0.3) is 0 Å². The number of urea groups is 1. The number of benzene rings is 2. The van der Waals surface area contributed by atoms with E-state index in [1.54, 1.807) is 30.2 Å². The molecule has 132 valence electrons. The summed E-state index contributed by atoms with van der Waals surface area (Å²) in [4.78, 5) is 16.4. The van der Waals surface area contributed by atoms with Crippen LogP contribution in [0.15, 0.2) is 42.5 Å². The summed E-state index contributed by atoms with van der Waals surface area (Å²) in [5, 5.41) is 3.74. The zero-order valence-corrected chi connectivity index (χ0v) is 15.3. The predicted octanol–water partition coefficient (Wildman–Crippen LogP) is 4.36. The quantitative estimate of drug-likeness (QED) is 0.861. The van der Waals surface area contributed by atoms with Crippen LogP contribution in [0.5, 0.6) is 5.75 Å². The van der Waals surface area contributed by atoms with E-state index >= 15 is 0 Å². The second-order valence-electron chi connectivity index (χ2n) is 5.70. The number of nitrogens with one attached hydrogen (secondary N) is 1. The number of carbonyl (C=O) groups excluding carboxylic acids is 1. The smallest absolute Gasteiger partial charge is 0.321 e. The minimum absolute atomic E-state index is 0.141. The molecular weight excluding hydrogens is 361 g/mol. The Balaban J connectivity index is 1.60. The number of hydrogen-bond donors (Lipinski definition) is 1. The summed E-state index contributed by atoms with van der Waals surface area (Å²) in [6.07, 6.45) is 0. The van der Waals surface area contributed by atoms with Crippen LogP contribution in [0, 0.1) is 0 Å². The summed E-state index contributed by atoms with van der Waals surface area (Å²) in [6, 6.07) is 12.8. The topological polar surface area (TPSA) is 44.8 Å². The Hall–Kier alpha value is -2.11. The van der Waals surface area contributed by atoms with Crippen LogP contribution in [0.1, 0.15) is 0 Å². The molecular formula is C18H19Cl2N3O2. The Kier molecular flexibility index (Phi) is 5.56. The molecule has 1 fully saturated rings. The standard InChI is InChI=1S/C18H19Cl2N3O2/c1-25-17-5-3-2-4-16(17)22-8-10-23(11-9-22)18(24)21-13-6-7-14(19)15(20)12-13/h2-7,12H,8-11H2,1H3,(H,21,24). The van der Waals surface area contributed by atoms with Gasteiger partial charge in [0.25, 0.3) is 0 Å². The van der Waals surface area contributed by atoms with Crippen molar-refractivity contribution in [3.05, 3.63) is 52.5 Å². The van der Waals surface area contributed by atoms with Crippen molar-refractivity contribution in [1.29, 1.82) is 0 Å². The molecule has 1 aliphatic heterocycles. The van der Waals surface area contributed by atoms with Gasteiger partial charge in [-0.3, -0.25) is 0 Å². The minimum atomic E-state index is -0.141. The summed E-state index contributed by atoms with van der Waals surface area (Å²) < 4.78 is 5.41. The highest BCUT2D eigenvalue weighted by molar-refractivity contribution is 6.42. The van der Waals surface area contributed by atoms with Gasteiger partial charge in [-0.2, -0.15) is 0 Å². The molecule has 2 aromatic carbocycles. The molecule has 25 heavy (non-hydrogen) atoms. The lowest BCUT2D eigenvalue weighted by Crippen LogP contribution is -2.50. The molecule has 0 spiro atoms. The fourth-order valence-corrected chi connectivity index (χ4v) is 3.12. The van der Waals surface area contributed by atoms with Crippen molar-refractivity contribution in [2.45, 2.75) is 0 Å². The van der Waals surface area contributed by atoms with Crippen molar-refractivity contribution in [3.8, 4) is 5.75 Å². The Bertz CT molecular complexity index is 762. The maximum Gasteiger partial charge on any atom is 0.321 e. The van der Waals surface area contributed by atoms with Crippen LogP contribution < -0.4 is 15.0 Å². The second kappa shape index (κ2) is 7.85. The van der Waals surface area contributed by atoms with Gasteiger partial charge in [0, 0.05) is 31.9 Å². The number of rotatable bonds is 3. The molecule has 0 aliphatic carbocycles. The van der Waals surface area contributed by atoms with Gasteiger partial charge in [-0.1, -0.05) is 35.3 Å². The fourth-order valence-electron chi connectivity index (χ4n) is 2.82. The minimum Gasteiger partial charge on any atom is -0.495 e. The second-order valence-corrected chi connectivity index (χ2v) is 6.52. The molecule has 1 N–H and O–H groups in total. The van der Waals surface area contributed by atoms with Crippen molar-refractivity contribution in [3.63, 3.8) is 0 Å². The summed E-state index contributed by atoms with van der Waals surface area (Å²) in [5.41, 5.74) is 1.68. The number of hydrogen-bond acceptors (Lipinski definition) is 3. The van der Waals surface area contributed by atoms with Gasteiger partial charge in [-0.15, -0.1) is 0 Å². The number of carbonyl (C=O) groups is 1. The molecule has 0 aromatic heterocycles. The average molecular weight is 380 g/mol. The van der Waals surface area contributed by atoms with E-state index < -0.39 is 0 Å². The lowest BCUT2D eigenvalue weighted by molar-refractivity contribution is 0.208. The van der Waals surface area contributed by atoms with E-state index in [-0.39, 0.29) is 6.03 Å². The summed E-state index contributed by atoms with van der Waals surface area (Å²) in [6.45, 7) is 2.75. The lowest BCUT2D eigenvalue weighted by Gasteiger charge is -2.36. The molecule has 2 aromatic rings. The number of piperazine rings is 1. The third kappa shape index (κ3) is 4.11. The molecule has 0 atom stereocenters. The molecule has 1 heterocycles. The summed E-state index contributed by atoms with van der Waals surface area (Å²) in [5.74, 6) is 0.844. The highest BCUT2D eigenvalue weighted by Gasteiger charge is 2.23. The van der Waals surface area contributed by atoms with Crippen LogP contribution in [0.2, 0.25) is 10.0 Å². The van der Waals surface area contributed by atoms with Crippen LogP contribution in [-0.2, 0) is 0 Å². The highest BCUT2D eigenvalue weighted by Crippen LogP contribution is 2.29. The van der Waals surface area contributed by atoms with E-state index in [0.29, 0.717) is 28.8 Å². The van der Waals surface area contributed by atoms with E-state index in [9.17, 15) is 4.79 Å². The molecule has 5 nitrogen and oxygen atoms in total. The van der Waals surface area contributed by atoms with E-state index in [2.05, 4.69) is 10.2 Å². The first-order chi connectivity index (χ1) is 12.1. The van der Waals surface area contributed by atoms with Gasteiger partial charge in [0.1, 0.15) is 5.75 Å². The monoisotopic (exact) mass is 379 g/mol. The van der Waals surface area contributed by atoms with Crippen LogP contribution in [-0.4, -0.2) is 44.2 Å². The number of anilines is 2. The molecule has 1 saturated heterocycles. The molecule has 1 aliphatic rings. The van der Waals surface area contributed by atoms with Gasteiger partial charge in [0.05, 0.1) is 22.8 Å². The molecule has 3 rings (SSSR count). The summed E-state index contributed by atoms with van der Waals surface area (Å²) >= 11 is 11.9. The Morgan fingerprint density at radius 1 is 1.04 bits per heavy atom. The third-order valence-corrected chi connectivity index (χ3v) is 4.90.